The highest BCUT2D eigenvalue weighted by atomic mass is 15.3. The molecule has 0 bridgehead atoms. The van der Waals surface area contributed by atoms with Crippen molar-refractivity contribution in [1.29, 1.82) is 0 Å². The highest BCUT2D eigenvalue weighted by Gasteiger charge is 2.29. The quantitative estimate of drug-likeness (QED) is 0.782. The molecule has 0 atom stereocenters. The maximum absolute atomic E-state index is 4.41. The Labute approximate surface area is 116 Å². The summed E-state index contributed by atoms with van der Waals surface area (Å²) in [4.78, 5) is 2.43. The SMILES string of the molecule is CCNCc1ccc(N(CCC(C)C)C2CC2)nn1. The number of rotatable bonds is 8. The standard InChI is InChI=1S/C15H26N4/c1-4-16-11-13-5-8-15(18-17-13)19(14-6-7-14)10-9-12(2)3/h5,8,12,14,16H,4,6-7,9-11H2,1-3H3. The van der Waals surface area contributed by atoms with Crippen LogP contribution < -0.4 is 10.2 Å². The number of anilines is 1. The average molecular weight is 262 g/mol. The van der Waals surface area contributed by atoms with Crippen LogP contribution in [-0.2, 0) is 6.54 Å². The topological polar surface area (TPSA) is 41.0 Å². The van der Waals surface area contributed by atoms with Crippen molar-refractivity contribution in [2.24, 2.45) is 5.92 Å². The molecule has 0 radical (unpaired) electrons. The first kappa shape index (κ1) is 14.3. The van der Waals surface area contributed by atoms with E-state index in [4.69, 9.17) is 0 Å². The molecule has 0 saturated heterocycles. The lowest BCUT2D eigenvalue weighted by Crippen LogP contribution is -2.29. The summed E-state index contributed by atoms with van der Waals surface area (Å²) in [6, 6.07) is 4.92. The van der Waals surface area contributed by atoms with Gasteiger partial charge in [0.1, 0.15) is 0 Å². The molecule has 0 spiro atoms. The molecule has 1 aromatic rings. The highest BCUT2D eigenvalue weighted by Crippen LogP contribution is 2.30. The Hall–Kier alpha value is -1.16. The van der Waals surface area contributed by atoms with Crippen molar-refractivity contribution >= 4 is 5.82 Å². The summed E-state index contributed by atoms with van der Waals surface area (Å²) in [6.07, 6.45) is 3.83. The molecule has 106 valence electrons. The van der Waals surface area contributed by atoms with Crippen LogP contribution in [0.5, 0.6) is 0 Å². The summed E-state index contributed by atoms with van der Waals surface area (Å²) in [7, 11) is 0. The van der Waals surface area contributed by atoms with Gasteiger partial charge in [-0.05, 0) is 43.9 Å². The number of nitrogens with zero attached hydrogens (tertiary/aromatic N) is 3. The molecule has 1 fully saturated rings. The lowest BCUT2D eigenvalue weighted by molar-refractivity contribution is 0.566. The van der Waals surface area contributed by atoms with Gasteiger partial charge < -0.3 is 10.2 Å². The Morgan fingerprint density at radius 3 is 2.63 bits per heavy atom. The van der Waals surface area contributed by atoms with E-state index in [9.17, 15) is 0 Å². The van der Waals surface area contributed by atoms with E-state index >= 15 is 0 Å². The van der Waals surface area contributed by atoms with Crippen LogP contribution in [0.25, 0.3) is 0 Å². The van der Waals surface area contributed by atoms with Gasteiger partial charge in [-0.2, -0.15) is 5.10 Å². The second-order valence-electron chi connectivity index (χ2n) is 5.77. The summed E-state index contributed by atoms with van der Waals surface area (Å²) in [5.74, 6) is 1.78. The molecule has 0 unspecified atom stereocenters. The van der Waals surface area contributed by atoms with E-state index in [0.29, 0.717) is 6.04 Å². The van der Waals surface area contributed by atoms with Crippen LogP contribution in [0.2, 0.25) is 0 Å². The van der Waals surface area contributed by atoms with E-state index in [0.717, 1.165) is 37.1 Å². The third kappa shape index (κ3) is 4.46. The third-order valence-corrected chi connectivity index (χ3v) is 3.49. The van der Waals surface area contributed by atoms with Gasteiger partial charge in [-0.15, -0.1) is 5.10 Å². The predicted molar refractivity (Wildman–Crippen MR) is 79.2 cm³/mol. The molecule has 1 heterocycles. The van der Waals surface area contributed by atoms with Crippen molar-refractivity contribution in [3.63, 3.8) is 0 Å². The Bertz CT molecular complexity index is 370. The molecule has 0 aromatic carbocycles. The fourth-order valence-corrected chi connectivity index (χ4v) is 2.12. The van der Waals surface area contributed by atoms with Crippen LogP contribution in [0.3, 0.4) is 0 Å². The minimum atomic E-state index is 0.702. The Kier molecular flexibility index (Phi) is 5.14. The van der Waals surface area contributed by atoms with Crippen LogP contribution in [0.4, 0.5) is 5.82 Å². The fraction of sp³-hybridized carbons (Fsp3) is 0.733. The van der Waals surface area contributed by atoms with Gasteiger partial charge in [0.25, 0.3) is 0 Å². The average Bonchev–Trinajstić information content (AvgIpc) is 3.22. The first-order valence-corrected chi connectivity index (χ1v) is 7.50. The summed E-state index contributed by atoms with van der Waals surface area (Å²) < 4.78 is 0. The van der Waals surface area contributed by atoms with Crippen LogP contribution in [-0.4, -0.2) is 29.3 Å². The zero-order valence-corrected chi connectivity index (χ0v) is 12.4. The van der Waals surface area contributed by atoms with E-state index in [-0.39, 0.29) is 0 Å². The minimum Gasteiger partial charge on any atom is -0.352 e. The van der Waals surface area contributed by atoms with Crippen molar-refractivity contribution in [2.75, 3.05) is 18.0 Å². The molecular weight excluding hydrogens is 236 g/mol. The molecule has 0 aliphatic heterocycles. The maximum atomic E-state index is 4.41. The molecule has 4 heteroatoms. The summed E-state index contributed by atoms with van der Waals surface area (Å²) in [6.45, 7) is 9.52. The van der Waals surface area contributed by atoms with Gasteiger partial charge in [0.15, 0.2) is 5.82 Å². The van der Waals surface area contributed by atoms with Gasteiger partial charge in [0.05, 0.1) is 5.69 Å². The maximum Gasteiger partial charge on any atom is 0.151 e. The number of aromatic nitrogens is 2. The van der Waals surface area contributed by atoms with Crippen molar-refractivity contribution < 1.29 is 0 Å². The summed E-state index contributed by atoms with van der Waals surface area (Å²) in [5.41, 5.74) is 1.02. The zero-order valence-electron chi connectivity index (χ0n) is 12.4. The van der Waals surface area contributed by atoms with Crippen LogP contribution in [0.15, 0.2) is 12.1 Å². The Morgan fingerprint density at radius 2 is 2.11 bits per heavy atom. The van der Waals surface area contributed by atoms with Crippen molar-refractivity contribution in [3.05, 3.63) is 17.8 Å². The lowest BCUT2D eigenvalue weighted by atomic mass is 10.1. The third-order valence-electron chi connectivity index (χ3n) is 3.49. The normalized spacial score (nSPS) is 14.9. The van der Waals surface area contributed by atoms with Crippen molar-refractivity contribution in [3.8, 4) is 0 Å². The zero-order chi connectivity index (χ0) is 13.7. The van der Waals surface area contributed by atoms with Crippen molar-refractivity contribution in [2.45, 2.75) is 52.6 Å². The minimum absolute atomic E-state index is 0.702. The van der Waals surface area contributed by atoms with Gasteiger partial charge >= 0.3 is 0 Å². The van der Waals surface area contributed by atoms with Crippen LogP contribution >= 0.6 is 0 Å². The van der Waals surface area contributed by atoms with Gasteiger partial charge in [-0.25, -0.2) is 0 Å². The molecule has 2 rings (SSSR count). The second-order valence-corrected chi connectivity index (χ2v) is 5.77. The number of nitrogens with one attached hydrogen (secondary N) is 1. The summed E-state index contributed by atoms with van der Waals surface area (Å²) in [5, 5.41) is 12.0. The van der Waals surface area contributed by atoms with Crippen LogP contribution in [0, 0.1) is 5.92 Å². The molecule has 1 aliphatic carbocycles. The summed E-state index contributed by atoms with van der Waals surface area (Å²) >= 11 is 0. The van der Waals surface area contributed by atoms with Gasteiger partial charge in [0.2, 0.25) is 0 Å². The molecule has 4 nitrogen and oxygen atoms in total. The first-order valence-electron chi connectivity index (χ1n) is 7.50. The smallest absolute Gasteiger partial charge is 0.151 e. The first-order chi connectivity index (χ1) is 9.20. The second kappa shape index (κ2) is 6.85. The Morgan fingerprint density at radius 1 is 1.32 bits per heavy atom. The van der Waals surface area contributed by atoms with E-state index in [1.807, 2.05) is 0 Å². The van der Waals surface area contributed by atoms with E-state index < -0.39 is 0 Å². The van der Waals surface area contributed by atoms with Gasteiger partial charge in [0, 0.05) is 19.1 Å². The number of hydrogen-bond donors (Lipinski definition) is 1. The largest absolute Gasteiger partial charge is 0.352 e. The van der Waals surface area contributed by atoms with Crippen LogP contribution in [0.1, 0.15) is 45.7 Å². The molecule has 19 heavy (non-hydrogen) atoms. The van der Waals surface area contributed by atoms with E-state index in [1.54, 1.807) is 0 Å². The van der Waals surface area contributed by atoms with Gasteiger partial charge in [-0.1, -0.05) is 20.8 Å². The number of hydrogen-bond acceptors (Lipinski definition) is 4. The lowest BCUT2D eigenvalue weighted by Gasteiger charge is -2.24. The molecule has 1 saturated carbocycles. The Balaban J connectivity index is 1.96. The van der Waals surface area contributed by atoms with Gasteiger partial charge in [-0.3, -0.25) is 0 Å². The molecular formula is C15H26N4. The molecule has 1 aromatic heterocycles. The molecule has 0 amide bonds. The van der Waals surface area contributed by atoms with E-state index in [1.165, 1.54) is 19.3 Å². The monoisotopic (exact) mass is 262 g/mol. The highest BCUT2D eigenvalue weighted by molar-refractivity contribution is 5.40. The van der Waals surface area contributed by atoms with E-state index in [2.05, 4.69) is 53.3 Å². The molecule has 1 aliphatic rings. The predicted octanol–water partition coefficient (Wildman–Crippen LogP) is 2.60. The van der Waals surface area contributed by atoms with Crippen molar-refractivity contribution in [1.82, 2.24) is 15.5 Å². The fourth-order valence-electron chi connectivity index (χ4n) is 2.12. The molecule has 1 N–H and O–H groups in total.